The fourth-order valence-corrected chi connectivity index (χ4v) is 3.53. The molecular weight excluding hydrogens is 248 g/mol. The van der Waals surface area contributed by atoms with E-state index in [-0.39, 0.29) is 0 Å². The lowest BCUT2D eigenvalue weighted by Gasteiger charge is -2.20. The number of aryl methyl sites for hydroxylation is 1. The van der Waals surface area contributed by atoms with Crippen LogP contribution in [0.5, 0.6) is 0 Å². The predicted molar refractivity (Wildman–Crippen MR) is 73.4 cm³/mol. The molecule has 1 aromatic heterocycles. The van der Waals surface area contributed by atoms with Crippen LogP contribution in [0.3, 0.4) is 0 Å². The van der Waals surface area contributed by atoms with Gasteiger partial charge in [0.25, 0.3) is 0 Å². The number of fused-ring (bicyclic) bond motifs is 1. The molecule has 2 N–H and O–H groups in total. The third-order valence-electron chi connectivity index (χ3n) is 3.57. The first-order valence-corrected chi connectivity index (χ1v) is 7.33. The van der Waals surface area contributed by atoms with E-state index in [1.807, 2.05) is 0 Å². The number of aliphatic carboxylic acids is 1. The first kappa shape index (κ1) is 13.3. The predicted octanol–water partition coefficient (Wildman–Crippen LogP) is 3.10. The molecule has 0 radical (unpaired) electrons. The summed E-state index contributed by atoms with van der Waals surface area (Å²) in [6, 6.07) is 0.402. The normalized spacial score (nSPS) is 19.9. The number of carboxylic acid groups (broad SMARTS) is 1. The lowest BCUT2D eigenvalue weighted by molar-refractivity contribution is -0.138. The van der Waals surface area contributed by atoms with Gasteiger partial charge in [0.05, 0.1) is 5.69 Å². The van der Waals surface area contributed by atoms with Gasteiger partial charge < -0.3 is 10.4 Å². The SMILES string of the molecule is CCC(Nc1nc2c(s1)CCC2C(=O)O)C(C)C. The molecule has 4 nitrogen and oxygen atoms in total. The molecule has 0 bridgehead atoms. The van der Waals surface area contributed by atoms with Crippen molar-refractivity contribution in [2.75, 3.05) is 5.32 Å². The zero-order valence-corrected chi connectivity index (χ0v) is 11.9. The lowest BCUT2D eigenvalue weighted by Crippen LogP contribution is -2.24. The van der Waals surface area contributed by atoms with Crippen LogP contribution in [-0.4, -0.2) is 22.1 Å². The van der Waals surface area contributed by atoms with Gasteiger partial charge in [-0.2, -0.15) is 0 Å². The van der Waals surface area contributed by atoms with Crippen molar-refractivity contribution in [1.29, 1.82) is 0 Å². The zero-order chi connectivity index (χ0) is 13.3. The standard InChI is InChI=1S/C13H20N2O2S/c1-4-9(7(2)3)14-13-15-11-8(12(16)17)5-6-10(11)18-13/h7-9H,4-6H2,1-3H3,(H,14,15)(H,16,17). The summed E-state index contributed by atoms with van der Waals surface area (Å²) >= 11 is 1.62. The van der Waals surface area contributed by atoms with Crippen LogP contribution in [0.4, 0.5) is 5.13 Å². The van der Waals surface area contributed by atoms with Gasteiger partial charge in [-0.3, -0.25) is 4.79 Å². The number of hydrogen-bond acceptors (Lipinski definition) is 4. The van der Waals surface area contributed by atoms with Gasteiger partial charge in [0.2, 0.25) is 0 Å². The Kier molecular flexibility index (Phi) is 3.90. The molecule has 0 amide bonds. The number of aromatic nitrogens is 1. The first-order valence-electron chi connectivity index (χ1n) is 6.51. The number of carboxylic acids is 1. The molecule has 1 aromatic rings. The van der Waals surface area contributed by atoms with E-state index >= 15 is 0 Å². The van der Waals surface area contributed by atoms with Crippen LogP contribution in [0.15, 0.2) is 0 Å². The summed E-state index contributed by atoms with van der Waals surface area (Å²) in [5, 5.41) is 13.4. The van der Waals surface area contributed by atoms with Gasteiger partial charge in [-0.25, -0.2) is 4.98 Å². The number of nitrogens with zero attached hydrogens (tertiary/aromatic N) is 1. The minimum atomic E-state index is -0.749. The summed E-state index contributed by atoms with van der Waals surface area (Å²) in [6.07, 6.45) is 2.60. The zero-order valence-electron chi connectivity index (χ0n) is 11.1. The maximum atomic E-state index is 11.1. The topological polar surface area (TPSA) is 62.2 Å². The minimum Gasteiger partial charge on any atom is -0.481 e. The number of rotatable bonds is 5. The molecule has 0 aliphatic heterocycles. The van der Waals surface area contributed by atoms with Gasteiger partial charge in [-0.1, -0.05) is 20.8 Å². The molecule has 1 heterocycles. The second-order valence-electron chi connectivity index (χ2n) is 5.16. The smallest absolute Gasteiger partial charge is 0.312 e. The van der Waals surface area contributed by atoms with Crippen molar-refractivity contribution in [3.8, 4) is 0 Å². The second kappa shape index (κ2) is 5.26. The van der Waals surface area contributed by atoms with E-state index in [4.69, 9.17) is 5.11 Å². The van der Waals surface area contributed by atoms with Gasteiger partial charge in [-0.05, 0) is 25.2 Å². The van der Waals surface area contributed by atoms with Crippen molar-refractivity contribution < 1.29 is 9.90 Å². The number of thiazole rings is 1. The highest BCUT2D eigenvalue weighted by Gasteiger charge is 2.32. The van der Waals surface area contributed by atoms with Gasteiger partial charge in [-0.15, -0.1) is 11.3 Å². The fraction of sp³-hybridized carbons (Fsp3) is 0.692. The van der Waals surface area contributed by atoms with Crippen LogP contribution in [0.1, 0.15) is 50.1 Å². The van der Waals surface area contributed by atoms with Crippen LogP contribution < -0.4 is 5.32 Å². The van der Waals surface area contributed by atoms with Crippen LogP contribution >= 0.6 is 11.3 Å². The summed E-state index contributed by atoms with van der Waals surface area (Å²) in [4.78, 5) is 16.7. The van der Waals surface area contributed by atoms with Gasteiger partial charge in [0, 0.05) is 10.9 Å². The Labute approximate surface area is 111 Å². The summed E-state index contributed by atoms with van der Waals surface area (Å²) in [5.41, 5.74) is 0.786. The van der Waals surface area contributed by atoms with E-state index in [1.54, 1.807) is 11.3 Å². The van der Waals surface area contributed by atoms with Crippen molar-refractivity contribution in [3.05, 3.63) is 10.6 Å². The Hall–Kier alpha value is -1.10. The molecule has 5 heteroatoms. The second-order valence-corrected chi connectivity index (χ2v) is 6.24. The van der Waals surface area contributed by atoms with Crippen molar-refractivity contribution in [2.45, 2.75) is 52.0 Å². The monoisotopic (exact) mass is 268 g/mol. The molecule has 1 aliphatic carbocycles. The fourth-order valence-electron chi connectivity index (χ4n) is 2.43. The van der Waals surface area contributed by atoms with E-state index in [2.05, 4.69) is 31.1 Å². The molecule has 1 aliphatic rings. The van der Waals surface area contributed by atoms with E-state index in [0.717, 1.165) is 28.5 Å². The quantitative estimate of drug-likeness (QED) is 0.861. The van der Waals surface area contributed by atoms with Gasteiger partial charge in [0.1, 0.15) is 5.92 Å². The van der Waals surface area contributed by atoms with Crippen LogP contribution in [0, 0.1) is 5.92 Å². The first-order chi connectivity index (χ1) is 8.52. The van der Waals surface area contributed by atoms with Crippen LogP contribution in [0.25, 0.3) is 0 Å². The Morgan fingerprint density at radius 1 is 1.61 bits per heavy atom. The van der Waals surface area contributed by atoms with Gasteiger partial charge >= 0.3 is 5.97 Å². The molecule has 2 atom stereocenters. The van der Waals surface area contributed by atoms with Gasteiger partial charge in [0.15, 0.2) is 5.13 Å². The van der Waals surface area contributed by atoms with Crippen molar-refractivity contribution in [1.82, 2.24) is 4.98 Å². The third kappa shape index (κ3) is 2.51. The average Bonchev–Trinajstić information content (AvgIpc) is 2.83. The van der Waals surface area contributed by atoms with E-state index in [9.17, 15) is 4.79 Å². The molecular formula is C13H20N2O2S. The summed E-state index contributed by atoms with van der Waals surface area (Å²) in [7, 11) is 0. The maximum absolute atomic E-state index is 11.1. The highest BCUT2D eigenvalue weighted by Crippen LogP contribution is 2.38. The molecule has 100 valence electrons. The van der Waals surface area contributed by atoms with Crippen LogP contribution in [-0.2, 0) is 11.2 Å². The molecule has 0 saturated carbocycles. The highest BCUT2D eigenvalue weighted by molar-refractivity contribution is 7.15. The number of anilines is 1. The Balaban J connectivity index is 2.14. The van der Waals surface area contributed by atoms with E-state index in [0.29, 0.717) is 18.4 Å². The van der Waals surface area contributed by atoms with E-state index in [1.165, 1.54) is 0 Å². The largest absolute Gasteiger partial charge is 0.481 e. The average molecular weight is 268 g/mol. The number of carbonyl (C=O) groups is 1. The molecule has 2 rings (SSSR count). The summed E-state index contributed by atoms with van der Waals surface area (Å²) < 4.78 is 0. The molecule has 0 saturated heterocycles. The van der Waals surface area contributed by atoms with Crippen molar-refractivity contribution >= 4 is 22.4 Å². The highest BCUT2D eigenvalue weighted by atomic mass is 32.1. The third-order valence-corrected chi connectivity index (χ3v) is 4.63. The Bertz CT molecular complexity index is 442. The Morgan fingerprint density at radius 3 is 2.89 bits per heavy atom. The minimum absolute atomic E-state index is 0.397. The van der Waals surface area contributed by atoms with Crippen molar-refractivity contribution in [3.63, 3.8) is 0 Å². The number of hydrogen-bond donors (Lipinski definition) is 2. The molecule has 0 aromatic carbocycles. The summed E-state index contributed by atoms with van der Waals surface area (Å²) in [5.74, 6) is -0.601. The molecule has 0 fully saturated rings. The Morgan fingerprint density at radius 2 is 2.33 bits per heavy atom. The molecule has 18 heavy (non-hydrogen) atoms. The lowest BCUT2D eigenvalue weighted by atomic mass is 10.0. The maximum Gasteiger partial charge on any atom is 0.312 e. The van der Waals surface area contributed by atoms with Crippen LogP contribution in [0.2, 0.25) is 0 Å². The molecule has 0 spiro atoms. The molecule has 2 unspecified atom stereocenters. The van der Waals surface area contributed by atoms with Crippen molar-refractivity contribution in [2.24, 2.45) is 5.92 Å². The van der Waals surface area contributed by atoms with E-state index < -0.39 is 11.9 Å². The summed E-state index contributed by atoms with van der Waals surface area (Å²) in [6.45, 7) is 6.52. The number of nitrogens with one attached hydrogen (secondary N) is 1.